The summed E-state index contributed by atoms with van der Waals surface area (Å²) in [6.45, 7) is 9.72. The largest absolute Gasteiger partial charge is 0.325 e. The Bertz CT molecular complexity index is 555. The van der Waals surface area contributed by atoms with Gasteiger partial charge in [0.05, 0.1) is 0 Å². The van der Waals surface area contributed by atoms with Crippen LogP contribution in [-0.4, -0.2) is 11.8 Å². The van der Waals surface area contributed by atoms with Crippen LogP contribution < -0.4 is 10.8 Å². The van der Waals surface area contributed by atoms with Crippen LogP contribution in [0.1, 0.15) is 51.2 Å². The Balaban J connectivity index is 2.84. The lowest BCUT2D eigenvalue weighted by molar-refractivity contribution is -0.134. The van der Waals surface area contributed by atoms with Crippen molar-refractivity contribution in [3.8, 4) is 0 Å². The van der Waals surface area contributed by atoms with Crippen LogP contribution in [0.3, 0.4) is 0 Å². The molecule has 0 aromatic heterocycles. The van der Waals surface area contributed by atoms with Gasteiger partial charge >= 0.3 is 0 Å². The van der Waals surface area contributed by atoms with Crippen LogP contribution in [0.5, 0.6) is 0 Å². The fourth-order valence-electron chi connectivity index (χ4n) is 1.98. The summed E-state index contributed by atoms with van der Waals surface area (Å²) < 4.78 is 0. The Morgan fingerprint density at radius 1 is 1.35 bits per heavy atom. The van der Waals surface area contributed by atoms with Crippen LogP contribution in [0, 0.1) is 5.92 Å². The first-order chi connectivity index (χ1) is 11.0. The second-order valence-corrected chi connectivity index (χ2v) is 5.44. The number of rotatable bonds is 9. The Hall–Kier alpha value is -2.14. The van der Waals surface area contributed by atoms with Crippen LogP contribution >= 0.6 is 0 Å². The van der Waals surface area contributed by atoms with Crippen LogP contribution in [0.15, 0.2) is 24.8 Å². The standard InChI is InChI=1S/C18H26N2O3/c1-5-9-17(21)20-23-12-15-14(7-3)10-8-11-16(15)19-18(22)13(4)6-2/h7-8,10-11,13H,3,5-6,9,12H2,1-2,4H3,(H,19,22)(H,20,21). The van der Waals surface area contributed by atoms with Gasteiger partial charge in [-0.1, -0.05) is 45.6 Å². The third-order valence-corrected chi connectivity index (χ3v) is 3.63. The summed E-state index contributed by atoms with van der Waals surface area (Å²) in [6.07, 6.45) is 3.65. The summed E-state index contributed by atoms with van der Waals surface area (Å²) in [5.41, 5.74) is 4.74. The van der Waals surface area contributed by atoms with Gasteiger partial charge in [-0.2, -0.15) is 0 Å². The minimum atomic E-state index is -0.159. The van der Waals surface area contributed by atoms with Gasteiger partial charge in [-0.05, 0) is 24.5 Å². The average Bonchev–Trinajstić information content (AvgIpc) is 2.55. The van der Waals surface area contributed by atoms with Crippen molar-refractivity contribution in [1.29, 1.82) is 0 Å². The summed E-state index contributed by atoms with van der Waals surface area (Å²) in [5.74, 6) is -0.265. The van der Waals surface area contributed by atoms with Crippen molar-refractivity contribution in [2.24, 2.45) is 5.92 Å². The number of carbonyl (C=O) groups is 2. The molecule has 0 radical (unpaired) electrons. The van der Waals surface area contributed by atoms with E-state index in [0.717, 1.165) is 24.0 Å². The molecule has 0 saturated heterocycles. The molecule has 5 nitrogen and oxygen atoms in total. The molecule has 1 rings (SSSR count). The van der Waals surface area contributed by atoms with Gasteiger partial charge in [0.15, 0.2) is 0 Å². The summed E-state index contributed by atoms with van der Waals surface area (Å²) in [6, 6.07) is 5.56. The van der Waals surface area contributed by atoms with E-state index in [0.29, 0.717) is 12.1 Å². The van der Waals surface area contributed by atoms with Crippen molar-refractivity contribution in [2.45, 2.75) is 46.6 Å². The Morgan fingerprint density at radius 3 is 2.70 bits per heavy atom. The Labute approximate surface area is 138 Å². The van der Waals surface area contributed by atoms with Gasteiger partial charge in [0, 0.05) is 23.6 Å². The van der Waals surface area contributed by atoms with E-state index in [4.69, 9.17) is 4.84 Å². The number of nitrogens with one attached hydrogen (secondary N) is 2. The fourth-order valence-corrected chi connectivity index (χ4v) is 1.98. The maximum Gasteiger partial charge on any atom is 0.243 e. The van der Waals surface area contributed by atoms with Crippen molar-refractivity contribution in [3.63, 3.8) is 0 Å². The molecule has 5 heteroatoms. The lowest BCUT2D eigenvalue weighted by Crippen LogP contribution is -2.24. The molecule has 0 aliphatic heterocycles. The quantitative estimate of drug-likeness (QED) is 0.683. The number of carbonyl (C=O) groups excluding carboxylic acids is 2. The molecule has 1 aromatic rings. The van der Waals surface area contributed by atoms with E-state index in [-0.39, 0.29) is 24.3 Å². The van der Waals surface area contributed by atoms with Crippen molar-refractivity contribution in [2.75, 3.05) is 5.32 Å². The average molecular weight is 318 g/mol. The first-order valence-corrected chi connectivity index (χ1v) is 7.99. The minimum Gasteiger partial charge on any atom is -0.325 e. The first kappa shape index (κ1) is 18.9. The van der Waals surface area contributed by atoms with Crippen LogP contribution in [0.4, 0.5) is 5.69 Å². The van der Waals surface area contributed by atoms with Gasteiger partial charge in [-0.25, -0.2) is 5.48 Å². The summed E-state index contributed by atoms with van der Waals surface area (Å²) in [7, 11) is 0. The molecular weight excluding hydrogens is 292 g/mol. The van der Waals surface area contributed by atoms with Gasteiger partial charge in [0.2, 0.25) is 11.8 Å². The van der Waals surface area contributed by atoms with Crippen molar-refractivity contribution in [3.05, 3.63) is 35.9 Å². The predicted octanol–water partition coefficient (Wildman–Crippen LogP) is 3.66. The number of hydroxylamine groups is 1. The van der Waals surface area contributed by atoms with Crippen molar-refractivity contribution in [1.82, 2.24) is 5.48 Å². The highest BCUT2D eigenvalue weighted by Crippen LogP contribution is 2.23. The van der Waals surface area contributed by atoms with Gasteiger partial charge < -0.3 is 5.32 Å². The van der Waals surface area contributed by atoms with E-state index < -0.39 is 0 Å². The van der Waals surface area contributed by atoms with Gasteiger partial charge in [0.25, 0.3) is 0 Å². The summed E-state index contributed by atoms with van der Waals surface area (Å²) in [5, 5.41) is 2.92. The summed E-state index contributed by atoms with van der Waals surface area (Å²) >= 11 is 0. The molecule has 0 aliphatic carbocycles. The first-order valence-electron chi connectivity index (χ1n) is 7.99. The zero-order valence-electron chi connectivity index (χ0n) is 14.1. The highest BCUT2D eigenvalue weighted by Gasteiger charge is 2.14. The van der Waals surface area contributed by atoms with Crippen LogP contribution in [0.2, 0.25) is 0 Å². The molecule has 0 spiro atoms. The zero-order valence-corrected chi connectivity index (χ0v) is 14.1. The monoisotopic (exact) mass is 318 g/mol. The molecule has 2 amide bonds. The number of benzene rings is 1. The smallest absolute Gasteiger partial charge is 0.243 e. The van der Waals surface area contributed by atoms with Crippen molar-refractivity contribution >= 4 is 23.6 Å². The topological polar surface area (TPSA) is 67.4 Å². The predicted molar refractivity (Wildman–Crippen MR) is 92.5 cm³/mol. The normalized spacial score (nSPS) is 11.6. The molecule has 126 valence electrons. The molecule has 23 heavy (non-hydrogen) atoms. The number of anilines is 1. The second-order valence-electron chi connectivity index (χ2n) is 5.44. The van der Waals surface area contributed by atoms with Crippen molar-refractivity contribution < 1.29 is 14.4 Å². The van der Waals surface area contributed by atoms with E-state index in [2.05, 4.69) is 17.4 Å². The third kappa shape index (κ3) is 5.87. The van der Waals surface area contributed by atoms with E-state index >= 15 is 0 Å². The van der Waals surface area contributed by atoms with E-state index in [1.54, 1.807) is 6.08 Å². The number of hydrogen-bond donors (Lipinski definition) is 2. The maximum atomic E-state index is 12.1. The van der Waals surface area contributed by atoms with Crippen LogP contribution in [0.25, 0.3) is 6.08 Å². The van der Waals surface area contributed by atoms with Crippen LogP contribution in [-0.2, 0) is 21.0 Å². The number of amides is 2. The molecule has 0 aliphatic rings. The molecule has 0 bridgehead atoms. The molecule has 0 fully saturated rings. The molecule has 0 heterocycles. The lowest BCUT2D eigenvalue weighted by Gasteiger charge is -2.16. The Morgan fingerprint density at radius 2 is 2.09 bits per heavy atom. The van der Waals surface area contributed by atoms with Gasteiger partial charge in [-0.3, -0.25) is 14.4 Å². The van der Waals surface area contributed by atoms with E-state index in [1.165, 1.54) is 0 Å². The molecule has 1 atom stereocenters. The number of hydrogen-bond acceptors (Lipinski definition) is 3. The lowest BCUT2D eigenvalue weighted by atomic mass is 10.0. The molecule has 1 unspecified atom stereocenters. The fraction of sp³-hybridized carbons (Fsp3) is 0.444. The SMILES string of the molecule is C=Cc1cccc(NC(=O)C(C)CC)c1CONC(=O)CCC. The van der Waals surface area contributed by atoms with E-state index in [1.807, 2.05) is 39.0 Å². The maximum absolute atomic E-state index is 12.1. The third-order valence-electron chi connectivity index (χ3n) is 3.63. The highest BCUT2D eigenvalue weighted by molar-refractivity contribution is 5.93. The molecule has 2 N–H and O–H groups in total. The van der Waals surface area contributed by atoms with Gasteiger partial charge in [-0.15, -0.1) is 0 Å². The second kappa shape index (κ2) is 9.79. The Kier molecular flexibility index (Phi) is 8.05. The van der Waals surface area contributed by atoms with E-state index in [9.17, 15) is 9.59 Å². The summed E-state index contributed by atoms with van der Waals surface area (Å²) in [4.78, 5) is 28.9. The molecule has 0 saturated carbocycles. The minimum absolute atomic E-state index is 0.0371. The molecular formula is C18H26N2O3. The van der Waals surface area contributed by atoms with Gasteiger partial charge in [0.1, 0.15) is 6.61 Å². The zero-order chi connectivity index (χ0) is 17.2. The molecule has 1 aromatic carbocycles. The highest BCUT2D eigenvalue weighted by atomic mass is 16.6.